The molecule has 0 aliphatic heterocycles. The van der Waals surface area contributed by atoms with Gasteiger partial charge in [0.1, 0.15) is 11.5 Å². The minimum absolute atomic E-state index is 0.00578. The molecule has 142 valence electrons. The molecule has 0 aliphatic rings. The maximum Gasteiger partial charge on any atom is 0.220 e. The van der Waals surface area contributed by atoms with Crippen molar-refractivity contribution in [2.75, 3.05) is 7.11 Å². The van der Waals surface area contributed by atoms with E-state index in [0.717, 1.165) is 32.3 Å². The highest BCUT2D eigenvalue weighted by molar-refractivity contribution is 7.21. The summed E-state index contributed by atoms with van der Waals surface area (Å²) in [6.07, 6.45) is 1.11. The summed E-state index contributed by atoms with van der Waals surface area (Å²) in [5.41, 5.74) is 2.07. The average molecular weight is 392 g/mol. The van der Waals surface area contributed by atoms with Gasteiger partial charge in [0.2, 0.25) is 5.91 Å². The van der Waals surface area contributed by atoms with E-state index in [-0.39, 0.29) is 5.91 Å². The van der Waals surface area contributed by atoms with Crippen LogP contribution in [-0.4, -0.2) is 18.0 Å². The van der Waals surface area contributed by atoms with E-state index in [1.165, 1.54) is 0 Å². The van der Waals surface area contributed by atoms with Crippen molar-refractivity contribution in [3.8, 4) is 16.5 Å². The van der Waals surface area contributed by atoms with Crippen LogP contribution in [0, 0.1) is 0 Å². The molecular weight excluding hydrogens is 372 g/mol. The third-order valence-electron chi connectivity index (χ3n) is 4.43. The minimum atomic E-state index is -0.00578. The van der Waals surface area contributed by atoms with Gasteiger partial charge in [0, 0.05) is 6.42 Å². The Bertz CT molecular complexity index is 1050. The molecule has 0 fully saturated rings. The summed E-state index contributed by atoms with van der Waals surface area (Å²) in [4.78, 5) is 16.7. The van der Waals surface area contributed by atoms with E-state index in [1.807, 2.05) is 60.7 Å². The molecule has 0 spiro atoms. The number of hydrogen-bond donors (Lipinski definition) is 1. The van der Waals surface area contributed by atoms with E-state index in [1.54, 1.807) is 18.4 Å². The summed E-state index contributed by atoms with van der Waals surface area (Å²) in [5, 5.41) is 3.75. The van der Waals surface area contributed by atoms with Crippen molar-refractivity contribution in [1.82, 2.24) is 10.3 Å². The van der Waals surface area contributed by atoms with Crippen molar-refractivity contribution in [1.29, 1.82) is 0 Å². The first-order valence-corrected chi connectivity index (χ1v) is 9.87. The lowest BCUT2D eigenvalue weighted by Crippen LogP contribution is -2.22. The maximum atomic E-state index is 12.1. The van der Waals surface area contributed by atoms with Crippen molar-refractivity contribution in [2.45, 2.75) is 19.4 Å². The number of amides is 1. The number of thiazole rings is 1. The van der Waals surface area contributed by atoms with Crippen LogP contribution in [0.4, 0.5) is 0 Å². The molecule has 28 heavy (non-hydrogen) atoms. The zero-order chi connectivity index (χ0) is 19.3. The van der Waals surface area contributed by atoms with Crippen molar-refractivity contribution >= 4 is 27.5 Å². The van der Waals surface area contributed by atoms with Crippen LogP contribution in [0.3, 0.4) is 0 Å². The van der Waals surface area contributed by atoms with Crippen molar-refractivity contribution in [2.24, 2.45) is 0 Å². The lowest BCUT2D eigenvalue weighted by Gasteiger charge is -2.05. The molecule has 6 heteroatoms. The third-order valence-corrected chi connectivity index (χ3v) is 5.48. The molecule has 4 aromatic rings. The van der Waals surface area contributed by atoms with E-state index < -0.39 is 0 Å². The van der Waals surface area contributed by atoms with Crippen LogP contribution in [-0.2, 0) is 17.8 Å². The van der Waals surface area contributed by atoms with Crippen LogP contribution in [0.15, 0.2) is 65.1 Å². The van der Waals surface area contributed by atoms with E-state index in [4.69, 9.17) is 9.15 Å². The Morgan fingerprint density at radius 1 is 1.11 bits per heavy atom. The summed E-state index contributed by atoms with van der Waals surface area (Å²) >= 11 is 1.60. The fourth-order valence-corrected chi connectivity index (χ4v) is 3.82. The van der Waals surface area contributed by atoms with Crippen LogP contribution in [0.25, 0.3) is 21.0 Å². The van der Waals surface area contributed by atoms with Crippen LogP contribution in [0.2, 0.25) is 0 Å². The monoisotopic (exact) mass is 392 g/mol. The number of carbonyl (C=O) groups is 1. The molecule has 2 aromatic carbocycles. The second-order valence-electron chi connectivity index (χ2n) is 6.38. The van der Waals surface area contributed by atoms with Gasteiger partial charge in [-0.2, -0.15) is 0 Å². The molecule has 0 aliphatic carbocycles. The molecule has 4 rings (SSSR count). The quantitative estimate of drug-likeness (QED) is 0.490. The Kier molecular flexibility index (Phi) is 5.39. The van der Waals surface area contributed by atoms with Gasteiger partial charge in [-0.1, -0.05) is 24.3 Å². The lowest BCUT2D eigenvalue weighted by atomic mass is 10.1. The number of hydrogen-bond acceptors (Lipinski definition) is 5. The summed E-state index contributed by atoms with van der Waals surface area (Å²) < 4.78 is 12.1. The topological polar surface area (TPSA) is 64.4 Å². The maximum absolute atomic E-state index is 12.1. The van der Waals surface area contributed by atoms with E-state index >= 15 is 0 Å². The van der Waals surface area contributed by atoms with Gasteiger partial charge in [-0.3, -0.25) is 4.79 Å². The number of aromatic nitrogens is 1. The number of nitrogens with one attached hydrogen (secondary N) is 1. The highest BCUT2D eigenvalue weighted by Crippen LogP contribution is 2.31. The number of carbonyl (C=O) groups excluding carboxylic acids is 1. The molecule has 2 aromatic heterocycles. The molecule has 0 saturated carbocycles. The molecule has 1 amide bonds. The number of methoxy groups -OCH3 is 1. The second kappa shape index (κ2) is 8.27. The number of furan rings is 1. The smallest absolute Gasteiger partial charge is 0.220 e. The van der Waals surface area contributed by atoms with Gasteiger partial charge in [-0.25, -0.2) is 4.98 Å². The Morgan fingerprint density at radius 2 is 1.93 bits per heavy atom. The molecule has 5 nitrogen and oxygen atoms in total. The Hall–Kier alpha value is -3.12. The number of nitrogens with zero attached hydrogens (tertiary/aromatic N) is 1. The molecule has 0 bridgehead atoms. The molecular formula is C22H20N2O3S. The van der Waals surface area contributed by atoms with Gasteiger partial charge >= 0.3 is 0 Å². The highest BCUT2D eigenvalue weighted by Gasteiger charge is 2.11. The normalized spacial score (nSPS) is 10.9. The van der Waals surface area contributed by atoms with Gasteiger partial charge in [0.15, 0.2) is 10.8 Å². The van der Waals surface area contributed by atoms with Crippen molar-refractivity contribution in [3.63, 3.8) is 0 Å². The lowest BCUT2D eigenvalue weighted by molar-refractivity contribution is -0.121. The van der Waals surface area contributed by atoms with E-state index in [2.05, 4.69) is 10.3 Å². The van der Waals surface area contributed by atoms with Gasteiger partial charge in [0.05, 0.1) is 23.9 Å². The van der Waals surface area contributed by atoms with Gasteiger partial charge < -0.3 is 14.5 Å². The first-order chi connectivity index (χ1) is 13.7. The largest absolute Gasteiger partial charge is 0.497 e. The average Bonchev–Trinajstić information content (AvgIpc) is 3.37. The fourth-order valence-electron chi connectivity index (χ4n) is 2.89. The van der Waals surface area contributed by atoms with Crippen molar-refractivity contribution in [3.05, 3.63) is 72.0 Å². The van der Waals surface area contributed by atoms with Crippen LogP contribution >= 0.6 is 11.3 Å². The number of ether oxygens (including phenoxy) is 1. The Labute approximate surface area is 167 Å². The SMILES string of the molecule is COc1ccc(CCC(=O)NCc2ccc(-c3nc4ccccc4s3)o2)cc1. The zero-order valence-corrected chi connectivity index (χ0v) is 16.3. The molecule has 0 unspecified atom stereocenters. The third kappa shape index (κ3) is 4.23. The Morgan fingerprint density at radius 3 is 2.71 bits per heavy atom. The predicted molar refractivity (Wildman–Crippen MR) is 110 cm³/mol. The van der Waals surface area contributed by atoms with Crippen LogP contribution < -0.4 is 10.1 Å². The summed E-state index contributed by atoms with van der Waals surface area (Å²) in [5.74, 6) is 2.25. The Balaban J connectivity index is 1.30. The van der Waals surface area contributed by atoms with Crippen LogP contribution in [0.1, 0.15) is 17.7 Å². The van der Waals surface area contributed by atoms with E-state index in [9.17, 15) is 4.79 Å². The van der Waals surface area contributed by atoms with Gasteiger partial charge in [-0.15, -0.1) is 11.3 Å². The fraction of sp³-hybridized carbons (Fsp3) is 0.182. The van der Waals surface area contributed by atoms with E-state index in [0.29, 0.717) is 25.1 Å². The minimum Gasteiger partial charge on any atom is -0.497 e. The van der Waals surface area contributed by atoms with Gasteiger partial charge in [0.25, 0.3) is 0 Å². The van der Waals surface area contributed by atoms with Crippen LogP contribution in [0.5, 0.6) is 5.75 Å². The summed E-state index contributed by atoms with van der Waals surface area (Å²) in [7, 11) is 1.64. The molecule has 0 saturated heterocycles. The standard InChI is InChI=1S/C22H20N2O3S/c1-26-16-9-6-15(7-10-16)8-13-21(25)23-14-17-11-12-19(27-17)22-24-18-4-2-3-5-20(18)28-22/h2-7,9-12H,8,13-14H2,1H3,(H,23,25). The molecule has 0 radical (unpaired) electrons. The molecule has 2 heterocycles. The molecule has 0 atom stereocenters. The summed E-state index contributed by atoms with van der Waals surface area (Å²) in [6.45, 7) is 0.367. The first kappa shape index (κ1) is 18.3. The second-order valence-corrected chi connectivity index (χ2v) is 7.41. The zero-order valence-electron chi connectivity index (χ0n) is 15.5. The number of para-hydroxylation sites is 1. The first-order valence-electron chi connectivity index (χ1n) is 9.05. The number of fused-ring (bicyclic) bond motifs is 1. The molecule has 1 N–H and O–H groups in total. The predicted octanol–water partition coefficient (Wildman–Crippen LogP) is 4.81. The number of aryl methyl sites for hydroxylation is 1. The number of rotatable bonds is 7. The van der Waals surface area contributed by atoms with Crippen molar-refractivity contribution < 1.29 is 13.9 Å². The highest BCUT2D eigenvalue weighted by atomic mass is 32.1. The number of benzene rings is 2. The van der Waals surface area contributed by atoms with Gasteiger partial charge in [-0.05, 0) is 48.4 Å². The summed E-state index contributed by atoms with van der Waals surface area (Å²) in [6, 6.07) is 19.5.